The third-order valence-electron chi connectivity index (χ3n) is 2.50. The van der Waals surface area contributed by atoms with Gasteiger partial charge in [-0.05, 0) is 19.1 Å². The minimum atomic E-state index is -0.604. The number of carbonyl (C=O) groups is 1. The fraction of sp³-hybridized carbons (Fsp3) is 0.154. The Bertz CT molecular complexity index is 711. The number of furan rings is 1. The molecule has 0 radical (unpaired) electrons. The Labute approximate surface area is 113 Å². The van der Waals surface area contributed by atoms with E-state index in [0.29, 0.717) is 22.9 Å². The molecule has 3 rings (SSSR count). The summed E-state index contributed by atoms with van der Waals surface area (Å²) in [5.74, 6) is 0.475. The molecule has 0 aliphatic carbocycles. The fourth-order valence-corrected chi connectivity index (χ4v) is 1.59. The van der Waals surface area contributed by atoms with Crippen molar-refractivity contribution in [2.45, 2.75) is 13.5 Å². The summed E-state index contributed by atoms with van der Waals surface area (Å²) in [5.41, 5.74) is 1.08. The highest BCUT2D eigenvalue weighted by molar-refractivity contribution is 5.86. The summed E-state index contributed by atoms with van der Waals surface area (Å²) in [5, 5.41) is 7.39. The Morgan fingerprint density at radius 2 is 2.15 bits per heavy atom. The maximum Gasteiger partial charge on any atom is 0.377 e. The number of nitrogens with zero attached hydrogens (tertiary/aromatic N) is 2. The molecule has 3 aromatic rings. The van der Waals surface area contributed by atoms with Gasteiger partial charge >= 0.3 is 5.97 Å². The monoisotopic (exact) mass is 274 g/mol. The summed E-state index contributed by atoms with van der Waals surface area (Å²) in [7, 11) is 0. The fourth-order valence-electron chi connectivity index (χ4n) is 1.59. The predicted molar refractivity (Wildman–Crippen MR) is 64.6 cm³/mol. The molecule has 0 bridgehead atoms. The highest BCUT2D eigenvalue weighted by Gasteiger charge is 2.15. The van der Waals surface area contributed by atoms with Crippen LogP contribution in [0.15, 0.2) is 44.0 Å². The van der Waals surface area contributed by atoms with Gasteiger partial charge in [-0.1, -0.05) is 10.3 Å². The van der Waals surface area contributed by atoms with Crippen LogP contribution in [0.5, 0.6) is 0 Å². The lowest BCUT2D eigenvalue weighted by Gasteiger charge is -1.97. The molecule has 102 valence electrons. The van der Waals surface area contributed by atoms with Gasteiger partial charge < -0.3 is 18.2 Å². The second-order valence-electron chi connectivity index (χ2n) is 4.07. The van der Waals surface area contributed by atoms with Gasteiger partial charge in [-0.15, -0.1) is 0 Å². The van der Waals surface area contributed by atoms with Crippen molar-refractivity contribution in [2.75, 3.05) is 0 Å². The van der Waals surface area contributed by atoms with Crippen molar-refractivity contribution in [3.63, 3.8) is 0 Å². The summed E-state index contributed by atoms with van der Waals surface area (Å²) in [4.78, 5) is 11.6. The Hall–Kier alpha value is -2.83. The Balaban J connectivity index is 1.63. The van der Waals surface area contributed by atoms with Crippen molar-refractivity contribution in [2.24, 2.45) is 0 Å². The second-order valence-corrected chi connectivity index (χ2v) is 4.07. The Morgan fingerprint density at radius 3 is 2.85 bits per heavy atom. The molecular weight excluding hydrogens is 264 g/mol. The first-order valence-corrected chi connectivity index (χ1v) is 5.82. The highest BCUT2D eigenvalue weighted by Crippen LogP contribution is 2.20. The molecule has 0 spiro atoms. The molecule has 0 aliphatic heterocycles. The van der Waals surface area contributed by atoms with Gasteiger partial charge in [0.05, 0.1) is 12.0 Å². The van der Waals surface area contributed by atoms with E-state index in [2.05, 4.69) is 10.3 Å². The van der Waals surface area contributed by atoms with Crippen LogP contribution in [0.2, 0.25) is 0 Å². The molecule has 0 aliphatic rings. The average molecular weight is 274 g/mol. The van der Waals surface area contributed by atoms with E-state index in [-0.39, 0.29) is 12.4 Å². The molecule has 0 atom stereocenters. The van der Waals surface area contributed by atoms with Crippen LogP contribution in [-0.2, 0) is 11.3 Å². The summed E-state index contributed by atoms with van der Waals surface area (Å²) in [6.45, 7) is 1.69. The number of aromatic nitrogens is 2. The van der Waals surface area contributed by atoms with E-state index in [1.165, 1.54) is 12.3 Å². The molecule has 0 saturated carbocycles. The normalized spacial score (nSPS) is 10.7. The topological polar surface area (TPSA) is 91.5 Å². The molecule has 0 aromatic carbocycles. The first-order chi connectivity index (χ1) is 9.72. The molecule has 0 saturated heterocycles. The van der Waals surface area contributed by atoms with Gasteiger partial charge in [0.15, 0.2) is 5.76 Å². The number of carbonyl (C=O) groups excluding carboxylic acids is 1. The maximum absolute atomic E-state index is 11.6. The molecule has 0 amide bonds. The van der Waals surface area contributed by atoms with E-state index < -0.39 is 5.97 Å². The number of rotatable bonds is 4. The van der Waals surface area contributed by atoms with Crippen molar-refractivity contribution < 1.29 is 23.0 Å². The zero-order valence-corrected chi connectivity index (χ0v) is 10.5. The van der Waals surface area contributed by atoms with Crippen LogP contribution in [0.25, 0.3) is 11.5 Å². The third-order valence-corrected chi connectivity index (χ3v) is 2.50. The third kappa shape index (κ3) is 2.46. The number of aryl methyl sites for hydroxylation is 1. The lowest BCUT2D eigenvalue weighted by Crippen LogP contribution is -2.04. The number of hydrogen-bond acceptors (Lipinski definition) is 7. The zero-order valence-electron chi connectivity index (χ0n) is 10.5. The molecule has 7 nitrogen and oxygen atoms in total. The summed E-state index contributed by atoms with van der Waals surface area (Å²) >= 11 is 0. The lowest BCUT2D eigenvalue weighted by atomic mass is 10.3. The van der Waals surface area contributed by atoms with Gasteiger partial charge in [0, 0.05) is 12.1 Å². The molecule has 3 aromatic heterocycles. The van der Waals surface area contributed by atoms with Crippen LogP contribution in [-0.4, -0.2) is 16.3 Å². The van der Waals surface area contributed by atoms with Gasteiger partial charge in [-0.3, -0.25) is 0 Å². The second kappa shape index (κ2) is 5.04. The van der Waals surface area contributed by atoms with Crippen LogP contribution >= 0.6 is 0 Å². The van der Waals surface area contributed by atoms with E-state index >= 15 is 0 Å². The average Bonchev–Trinajstić information content (AvgIpc) is 3.16. The molecule has 0 fully saturated rings. The zero-order chi connectivity index (χ0) is 13.9. The van der Waals surface area contributed by atoms with Crippen molar-refractivity contribution in [1.29, 1.82) is 0 Å². The van der Waals surface area contributed by atoms with Gasteiger partial charge in [-0.25, -0.2) is 4.79 Å². The van der Waals surface area contributed by atoms with E-state index in [9.17, 15) is 4.79 Å². The van der Waals surface area contributed by atoms with E-state index in [4.69, 9.17) is 18.2 Å². The standard InChI is InChI=1S/C13H10N2O5/c1-8-5-12(20-14-8)13(16)18-7-9-6-11(19-15-9)10-3-2-4-17-10/h2-6H,7H2,1H3. The van der Waals surface area contributed by atoms with Crippen molar-refractivity contribution in [1.82, 2.24) is 10.3 Å². The minimum absolute atomic E-state index is 0.0250. The molecule has 20 heavy (non-hydrogen) atoms. The van der Waals surface area contributed by atoms with Crippen LogP contribution < -0.4 is 0 Å². The number of hydrogen-bond donors (Lipinski definition) is 0. The molecule has 0 N–H and O–H groups in total. The van der Waals surface area contributed by atoms with E-state index in [1.54, 1.807) is 25.1 Å². The van der Waals surface area contributed by atoms with Crippen LogP contribution in [0.1, 0.15) is 21.9 Å². The van der Waals surface area contributed by atoms with Crippen LogP contribution in [0.3, 0.4) is 0 Å². The van der Waals surface area contributed by atoms with E-state index in [1.807, 2.05) is 0 Å². The summed E-state index contributed by atoms with van der Waals surface area (Å²) in [6, 6.07) is 6.62. The molecule has 7 heteroatoms. The van der Waals surface area contributed by atoms with Gasteiger partial charge in [0.25, 0.3) is 0 Å². The molecule has 0 unspecified atom stereocenters. The van der Waals surface area contributed by atoms with Crippen molar-refractivity contribution in [3.8, 4) is 11.5 Å². The highest BCUT2D eigenvalue weighted by atomic mass is 16.6. The van der Waals surface area contributed by atoms with Gasteiger partial charge in [0.1, 0.15) is 12.3 Å². The maximum atomic E-state index is 11.6. The molecule has 3 heterocycles. The van der Waals surface area contributed by atoms with Crippen LogP contribution in [0, 0.1) is 6.92 Å². The quantitative estimate of drug-likeness (QED) is 0.675. The molecular formula is C13H10N2O5. The van der Waals surface area contributed by atoms with Gasteiger partial charge in [0.2, 0.25) is 11.5 Å². The van der Waals surface area contributed by atoms with Crippen molar-refractivity contribution >= 4 is 5.97 Å². The minimum Gasteiger partial charge on any atom is -0.461 e. The van der Waals surface area contributed by atoms with Crippen LogP contribution in [0.4, 0.5) is 0 Å². The summed E-state index contributed by atoms with van der Waals surface area (Å²) < 4.78 is 20.1. The van der Waals surface area contributed by atoms with Crippen molar-refractivity contribution in [3.05, 3.63) is 47.7 Å². The Kier molecular flexibility index (Phi) is 3.08. The smallest absolute Gasteiger partial charge is 0.377 e. The largest absolute Gasteiger partial charge is 0.461 e. The summed E-state index contributed by atoms with van der Waals surface area (Å²) in [6.07, 6.45) is 1.53. The first kappa shape index (κ1) is 12.2. The lowest BCUT2D eigenvalue weighted by molar-refractivity contribution is 0.0417. The Morgan fingerprint density at radius 1 is 1.25 bits per heavy atom. The first-order valence-electron chi connectivity index (χ1n) is 5.82. The SMILES string of the molecule is Cc1cc(C(=O)OCc2cc(-c3ccco3)on2)on1. The predicted octanol–water partition coefficient (Wildman–Crippen LogP) is 2.59. The number of esters is 1. The van der Waals surface area contributed by atoms with Gasteiger partial charge in [-0.2, -0.15) is 0 Å². The number of ether oxygens (including phenoxy) is 1. The van der Waals surface area contributed by atoms with E-state index in [0.717, 1.165) is 0 Å².